The Hall–Kier alpha value is -1.81. The molecule has 104 valence electrons. The van der Waals surface area contributed by atoms with Gasteiger partial charge in [0.05, 0.1) is 5.60 Å². The Balaban J connectivity index is 2.06. The smallest absolute Gasteiger partial charge is 0.164 e. The van der Waals surface area contributed by atoms with Gasteiger partial charge < -0.3 is 5.11 Å². The van der Waals surface area contributed by atoms with Crippen LogP contribution in [0.2, 0.25) is 0 Å². The van der Waals surface area contributed by atoms with Crippen LogP contribution in [0.1, 0.15) is 29.7 Å². The molecule has 0 saturated carbocycles. The Morgan fingerprint density at radius 3 is 2.85 bits per heavy atom. The van der Waals surface area contributed by atoms with Gasteiger partial charge in [-0.15, -0.1) is 0 Å². The molecule has 1 aromatic carbocycles. The van der Waals surface area contributed by atoms with Crippen LogP contribution in [-0.2, 0) is 18.4 Å². The highest BCUT2D eigenvalue weighted by molar-refractivity contribution is 5.31. The lowest BCUT2D eigenvalue weighted by Crippen LogP contribution is -2.29. The molecule has 1 heterocycles. The summed E-state index contributed by atoms with van der Waals surface area (Å²) in [6.07, 6.45) is 3.80. The maximum absolute atomic E-state index is 14.0. The summed E-state index contributed by atoms with van der Waals surface area (Å²) in [5.41, 5.74) is 0.492. The van der Waals surface area contributed by atoms with E-state index < -0.39 is 17.2 Å². The van der Waals surface area contributed by atoms with Gasteiger partial charge >= 0.3 is 0 Å². The quantitative estimate of drug-likeness (QED) is 0.811. The molecule has 1 atom stereocenters. The second kappa shape index (κ2) is 4.94. The van der Waals surface area contributed by atoms with Crippen molar-refractivity contribution in [3.8, 4) is 0 Å². The molecule has 1 N–H and O–H groups in total. The predicted octanol–water partition coefficient (Wildman–Crippen LogP) is 3.13. The van der Waals surface area contributed by atoms with Gasteiger partial charge in [0.2, 0.25) is 0 Å². The first-order valence-corrected chi connectivity index (χ1v) is 6.70. The monoisotopic (exact) mass is 275 g/mol. The molecule has 0 spiro atoms. The van der Waals surface area contributed by atoms with Gasteiger partial charge in [-0.2, -0.15) is 0 Å². The number of halogens is 2. The number of nitrogens with zero attached hydrogens (tertiary/aromatic N) is 1. The van der Waals surface area contributed by atoms with Gasteiger partial charge in [-0.3, -0.25) is 4.98 Å². The van der Waals surface area contributed by atoms with E-state index in [0.717, 1.165) is 23.7 Å². The Kier molecular flexibility index (Phi) is 3.26. The summed E-state index contributed by atoms with van der Waals surface area (Å²) in [7, 11) is 0. The first kappa shape index (κ1) is 13.2. The fourth-order valence-corrected chi connectivity index (χ4v) is 2.90. The molecule has 0 bridgehead atoms. The summed E-state index contributed by atoms with van der Waals surface area (Å²) >= 11 is 0. The molecule has 2 nitrogen and oxygen atoms in total. The van der Waals surface area contributed by atoms with Crippen molar-refractivity contribution < 1.29 is 13.9 Å². The number of hydrogen-bond donors (Lipinski definition) is 1. The maximum Gasteiger partial charge on any atom is 0.164 e. The molecule has 0 saturated heterocycles. The Bertz CT molecular complexity index is 644. The van der Waals surface area contributed by atoms with Crippen molar-refractivity contribution in [3.05, 3.63) is 65.0 Å². The molecular formula is C16H15F2NO. The van der Waals surface area contributed by atoms with Crippen molar-refractivity contribution in [2.75, 3.05) is 0 Å². The van der Waals surface area contributed by atoms with Crippen LogP contribution >= 0.6 is 0 Å². The second-order valence-electron chi connectivity index (χ2n) is 5.27. The van der Waals surface area contributed by atoms with E-state index in [1.807, 2.05) is 6.07 Å². The van der Waals surface area contributed by atoms with Crippen LogP contribution in [0.3, 0.4) is 0 Å². The normalized spacial score (nSPS) is 22.1. The third kappa shape index (κ3) is 2.20. The highest BCUT2D eigenvalue weighted by Gasteiger charge is 2.35. The van der Waals surface area contributed by atoms with Crippen LogP contribution in [0, 0.1) is 11.6 Å². The van der Waals surface area contributed by atoms with E-state index in [4.69, 9.17) is 0 Å². The van der Waals surface area contributed by atoms with Crippen molar-refractivity contribution in [2.45, 2.75) is 31.3 Å². The maximum atomic E-state index is 14.0. The van der Waals surface area contributed by atoms with Gasteiger partial charge in [0.15, 0.2) is 11.6 Å². The number of pyridine rings is 1. The number of aryl methyl sites for hydroxylation is 1. The van der Waals surface area contributed by atoms with Crippen LogP contribution in [0.25, 0.3) is 0 Å². The number of aromatic nitrogens is 1. The van der Waals surface area contributed by atoms with E-state index in [9.17, 15) is 13.9 Å². The van der Waals surface area contributed by atoms with Crippen LogP contribution in [0.5, 0.6) is 0 Å². The Labute approximate surface area is 116 Å². The topological polar surface area (TPSA) is 33.1 Å². The molecule has 20 heavy (non-hydrogen) atoms. The first-order chi connectivity index (χ1) is 9.60. The zero-order chi connectivity index (χ0) is 14.2. The molecular weight excluding hydrogens is 260 g/mol. The van der Waals surface area contributed by atoms with Gasteiger partial charge in [-0.25, -0.2) is 8.78 Å². The summed E-state index contributed by atoms with van der Waals surface area (Å²) in [4.78, 5) is 4.30. The fraction of sp³-hybridized carbons (Fsp3) is 0.312. The average molecular weight is 275 g/mol. The van der Waals surface area contributed by atoms with Gasteiger partial charge in [0.25, 0.3) is 0 Å². The minimum absolute atomic E-state index is 0.0363. The van der Waals surface area contributed by atoms with Crippen LogP contribution in [0.4, 0.5) is 8.78 Å². The molecule has 1 aromatic heterocycles. The van der Waals surface area contributed by atoms with Crippen molar-refractivity contribution in [3.63, 3.8) is 0 Å². The third-order valence-corrected chi connectivity index (χ3v) is 3.92. The zero-order valence-corrected chi connectivity index (χ0v) is 10.9. The standard InChI is InChI=1S/C16H15F2NO/c17-13-6-1-5-12(15(13)18)16(20)8-2-7-14-11(10-16)4-3-9-19-14/h1,3-6,9,20H,2,7-8,10H2/t16-/m0/s1. The molecule has 1 aliphatic rings. The zero-order valence-electron chi connectivity index (χ0n) is 10.9. The molecule has 0 fully saturated rings. The summed E-state index contributed by atoms with van der Waals surface area (Å²) in [5, 5.41) is 10.8. The fourth-order valence-electron chi connectivity index (χ4n) is 2.90. The largest absolute Gasteiger partial charge is 0.385 e. The third-order valence-electron chi connectivity index (χ3n) is 3.92. The molecule has 4 heteroatoms. The minimum atomic E-state index is -1.37. The van der Waals surface area contributed by atoms with Crippen LogP contribution in [0.15, 0.2) is 36.5 Å². The molecule has 0 amide bonds. The summed E-state index contributed by atoms with van der Waals surface area (Å²) in [6.45, 7) is 0. The number of benzene rings is 1. The van der Waals surface area contributed by atoms with Crippen molar-refractivity contribution >= 4 is 0 Å². The average Bonchev–Trinajstić information content (AvgIpc) is 2.60. The Morgan fingerprint density at radius 1 is 1.15 bits per heavy atom. The lowest BCUT2D eigenvalue weighted by molar-refractivity contribution is 0.0241. The van der Waals surface area contributed by atoms with E-state index in [1.165, 1.54) is 12.1 Å². The van der Waals surface area contributed by atoms with Crippen LogP contribution < -0.4 is 0 Å². The van der Waals surface area contributed by atoms with E-state index in [1.54, 1.807) is 12.3 Å². The minimum Gasteiger partial charge on any atom is -0.385 e. The van der Waals surface area contributed by atoms with Gasteiger partial charge in [-0.1, -0.05) is 18.2 Å². The van der Waals surface area contributed by atoms with Crippen molar-refractivity contribution in [1.82, 2.24) is 4.98 Å². The molecule has 3 rings (SSSR count). The van der Waals surface area contributed by atoms with E-state index in [-0.39, 0.29) is 12.0 Å². The molecule has 0 radical (unpaired) electrons. The highest BCUT2D eigenvalue weighted by atomic mass is 19.2. The van der Waals surface area contributed by atoms with Gasteiger partial charge in [0, 0.05) is 23.9 Å². The molecule has 2 aromatic rings. The number of rotatable bonds is 1. The van der Waals surface area contributed by atoms with Gasteiger partial charge in [-0.05, 0) is 37.0 Å². The second-order valence-corrected chi connectivity index (χ2v) is 5.27. The van der Waals surface area contributed by atoms with Crippen molar-refractivity contribution in [1.29, 1.82) is 0 Å². The predicted molar refractivity (Wildman–Crippen MR) is 71.1 cm³/mol. The summed E-state index contributed by atoms with van der Waals surface area (Å²) in [5.74, 6) is -1.88. The van der Waals surface area contributed by atoms with E-state index in [2.05, 4.69) is 4.98 Å². The number of aliphatic hydroxyl groups is 1. The van der Waals surface area contributed by atoms with Gasteiger partial charge in [0.1, 0.15) is 0 Å². The van der Waals surface area contributed by atoms with Crippen LogP contribution in [-0.4, -0.2) is 10.1 Å². The molecule has 0 aliphatic heterocycles. The number of hydrogen-bond acceptors (Lipinski definition) is 2. The Morgan fingerprint density at radius 2 is 2.00 bits per heavy atom. The molecule has 1 aliphatic carbocycles. The lowest BCUT2D eigenvalue weighted by Gasteiger charge is -2.28. The number of fused-ring (bicyclic) bond motifs is 1. The van der Waals surface area contributed by atoms with E-state index >= 15 is 0 Å². The molecule has 0 unspecified atom stereocenters. The first-order valence-electron chi connectivity index (χ1n) is 6.70. The van der Waals surface area contributed by atoms with Crippen molar-refractivity contribution in [2.24, 2.45) is 0 Å². The summed E-state index contributed by atoms with van der Waals surface area (Å²) < 4.78 is 27.4. The lowest BCUT2D eigenvalue weighted by atomic mass is 9.85. The highest BCUT2D eigenvalue weighted by Crippen LogP contribution is 2.36. The van der Waals surface area contributed by atoms with E-state index in [0.29, 0.717) is 12.8 Å². The summed E-state index contributed by atoms with van der Waals surface area (Å²) in [6, 6.07) is 7.64. The SMILES string of the molecule is O[C@@]1(c2cccc(F)c2F)CCCc2ncccc2C1.